The average molecular weight is 627 g/mol. The van der Waals surface area contributed by atoms with Crippen molar-refractivity contribution in [1.29, 1.82) is 0 Å². The Bertz CT molecular complexity index is 1370. The van der Waals surface area contributed by atoms with Crippen LogP contribution in [0.15, 0.2) is 24.3 Å². The van der Waals surface area contributed by atoms with E-state index in [1.54, 1.807) is 47.1 Å². The van der Waals surface area contributed by atoms with E-state index in [2.05, 4.69) is 10.4 Å². The number of halogens is 1. The second-order valence-corrected chi connectivity index (χ2v) is 14.1. The summed E-state index contributed by atoms with van der Waals surface area (Å²) >= 11 is 6.53. The number of alkyl carbamates (subject to hydrolysis) is 1. The van der Waals surface area contributed by atoms with Crippen molar-refractivity contribution in [2.24, 2.45) is 0 Å². The third-order valence-electron chi connectivity index (χ3n) is 6.86. The van der Waals surface area contributed by atoms with Crippen molar-refractivity contribution in [3.05, 3.63) is 46.1 Å². The molecule has 0 radical (unpaired) electrons. The van der Waals surface area contributed by atoms with Gasteiger partial charge in [-0.05, 0) is 52.2 Å². The maximum atomic E-state index is 13.8. The molecule has 1 aromatic carbocycles. The molecule has 234 valence electrons. The van der Waals surface area contributed by atoms with Gasteiger partial charge in [-0.25, -0.2) is 4.79 Å². The molecule has 1 fully saturated rings. The number of anilines is 1. The van der Waals surface area contributed by atoms with E-state index >= 15 is 0 Å². The Hall–Kier alpha value is -2.87. The number of amides is 2. The second-order valence-electron chi connectivity index (χ2n) is 11.7. The number of ether oxygens (including phenoxy) is 2. The highest BCUT2D eigenvalue weighted by Crippen LogP contribution is 2.33. The lowest BCUT2D eigenvalue weighted by molar-refractivity contribution is 0.0499. The van der Waals surface area contributed by atoms with Crippen LogP contribution in [0, 0.1) is 0 Å². The molecule has 2 atom stereocenters. The van der Waals surface area contributed by atoms with E-state index in [0.717, 1.165) is 8.39 Å². The zero-order valence-corrected chi connectivity index (χ0v) is 27.3. The van der Waals surface area contributed by atoms with Gasteiger partial charge in [0, 0.05) is 70.9 Å². The van der Waals surface area contributed by atoms with Crippen molar-refractivity contribution in [2.45, 2.75) is 64.7 Å². The maximum absolute atomic E-state index is 13.8. The van der Waals surface area contributed by atoms with Gasteiger partial charge in [0.15, 0.2) is 5.69 Å². The van der Waals surface area contributed by atoms with Crippen LogP contribution >= 0.6 is 11.6 Å². The van der Waals surface area contributed by atoms with Gasteiger partial charge in [0.25, 0.3) is 5.91 Å². The van der Waals surface area contributed by atoms with Crippen LogP contribution in [0.2, 0.25) is 5.02 Å². The predicted molar refractivity (Wildman–Crippen MR) is 163 cm³/mol. The first kappa shape index (κ1) is 33.6. The standard InChI is InChI=1S/C28H43ClN6O6S/c1-19(40-8)17-33(7)26(36)24-22(16-20-12-9-10-14-23(20)29)25(35(31-24)42(38,39)32(5)6)34-15-11-13-21(18-34)30-27(37)41-28(2,3)4/h9-10,12,14,19,21H,11,13,15-18H2,1-8H3,(H,30,37)/t19?,21-/m0/s1. The lowest BCUT2D eigenvalue weighted by atomic mass is 10.0. The Morgan fingerprint density at radius 2 is 1.88 bits per heavy atom. The Labute approximate surface area is 254 Å². The number of nitrogens with one attached hydrogen (secondary N) is 1. The maximum Gasteiger partial charge on any atom is 0.407 e. The number of methoxy groups -OCH3 is 1. The average Bonchev–Trinajstić information content (AvgIpc) is 3.28. The molecule has 14 heteroatoms. The summed E-state index contributed by atoms with van der Waals surface area (Å²) < 4.78 is 40.1. The number of rotatable bonds is 10. The molecule has 1 aromatic heterocycles. The Morgan fingerprint density at radius 3 is 2.48 bits per heavy atom. The van der Waals surface area contributed by atoms with Crippen molar-refractivity contribution in [1.82, 2.24) is 23.7 Å². The van der Waals surface area contributed by atoms with Gasteiger partial charge in [-0.1, -0.05) is 29.8 Å². The number of aromatic nitrogens is 2. The smallest absolute Gasteiger partial charge is 0.407 e. The highest BCUT2D eigenvalue weighted by molar-refractivity contribution is 7.87. The molecule has 1 aliphatic heterocycles. The summed E-state index contributed by atoms with van der Waals surface area (Å²) in [5.74, 6) is -0.189. The molecule has 2 amide bonds. The van der Waals surface area contributed by atoms with Crippen LogP contribution < -0.4 is 10.2 Å². The van der Waals surface area contributed by atoms with Gasteiger partial charge in [0.1, 0.15) is 11.4 Å². The summed E-state index contributed by atoms with van der Waals surface area (Å²) in [6, 6.07) is 6.88. The minimum atomic E-state index is -4.16. The quantitative estimate of drug-likeness (QED) is 0.425. The minimum absolute atomic E-state index is 0.00312. The topological polar surface area (TPSA) is 126 Å². The van der Waals surface area contributed by atoms with Gasteiger partial charge in [-0.15, -0.1) is 9.19 Å². The lowest BCUT2D eigenvalue weighted by Gasteiger charge is -2.35. The fourth-order valence-corrected chi connectivity index (χ4v) is 5.84. The molecule has 1 N–H and O–H groups in total. The molecular weight excluding hydrogens is 584 g/mol. The van der Waals surface area contributed by atoms with Crippen LogP contribution in [0.5, 0.6) is 0 Å². The van der Waals surface area contributed by atoms with E-state index in [1.165, 1.54) is 19.0 Å². The van der Waals surface area contributed by atoms with E-state index in [4.69, 9.17) is 21.1 Å². The number of likely N-dealkylation sites (N-methyl/N-ethyl adjacent to an activating group) is 1. The summed E-state index contributed by atoms with van der Waals surface area (Å²) in [5.41, 5.74) is 0.474. The van der Waals surface area contributed by atoms with Gasteiger partial charge in [-0.2, -0.15) is 12.7 Å². The van der Waals surface area contributed by atoms with Gasteiger partial charge in [0.05, 0.1) is 6.10 Å². The monoisotopic (exact) mass is 626 g/mol. The summed E-state index contributed by atoms with van der Waals surface area (Å²) in [4.78, 5) is 29.7. The van der Waals surface area contributed by atoms with Crippen molar-refractivity contribution >= 4 is 39.6 Å². The predicted octanol–water partition coefficient (Wildman–Crippen LogP) is 3.38. The third-order valence-corrected chi connectivity index (χ3v) is 8.84. The molecule has 12 nitrogen and oxygen atoms in total. The highest BCUT2D eigenvalue weighted by atomic mass is 35.5. The molecule has 1 unspecified atom stereocenters. The molecule has 2 aromatic rings. The second kappa shape index (κ2) is 13.6. The normalized spacial score (nSPS) is 16.8. The van der Waals surface area contributed by atoms with Crippen molar-refractivity contribution in [3.8, 4) is 0 Å². The molecule has 0 bridgehead atoms. The SMILES string of the molecule is COC(C)CN(C)C(=O)c1nn(S(=O)(=O)N(C)C)c(N2CCC[C@H](NC(=O)OC(C)(C)C)C2)c1Cc1ccccc1Cl. The molecule has 3 rings (SSSR count). The fourth-order valence-electron chi connectivity index (χ4n) is 4.70. The van der Waals surface area contributed by atoms with Crippen LogP contribution in [-0.2, 0) is 26.1 Å². The summed E-state index contributed by atoms with van der Waals surface area (Å²) in [7, 11) is 1.84. The molecule has 0 aliphatic carbocycles. The van der Waals surface area contributed by atoms with E-state index in [-0.39, 0.29) is 43.2 Å². The highest BCUT2D eigenvalue weighted by Gasteiger charge is 2.36. The summed E-state index contributed by atoms with van der Waals surface area (Å²) in [6.07, 6.45) is 0.693. The van der Waals surface area contributed by atoms with Crippen molar-refractivity contribution in [2.75, 3.05) is 52.8 Å². The number of piperidine rings is 1. The molecular formula is C28H43ClN6O6S. The first-order valence-corrected chi connectivity index (χ1v) is 15.6. The zero-order chi connectivity index (χ0) is 31.4. The van der Waals surface area contributed by atoms with Gasteiger partial charge in [-0.3, -0.25) is 4.79 Å². The van der Waals surface area contributed by atoms with Crippen molar-refractivity contribution in [3.63, 3.8) is 0 Å². The molecule has 0 saturated carbocycles. The first-order valence-electron chi connectivity index (χ1n) is 13.9. The minimum Gasteiger partial charge on any atom is -0.444 e. The number of carbonyl (C=O) groups excluding carboxylic acids is 2. The molecule has 0 spiro atoms. The largest absolute Gasteiger partial charge is 0.444 e. The van der Waals surface area contributed by atoms with Crippen LogP contribution in [0.25, 0.3) is 0 Å². The van der Waals surface area contributed by atoms with Crippen LogP contribution in [0.1, 0.15) is 62.2 Å². The van der Waals surface area contributed by atoms with Gasteiger partial charge < -0.3 is 24.6 Å². The number of hydrogen-bond donors (Lipinski definition) is 1. The van der Waals surface area contributed by atoms with Crippen LogP contribution in [0.4, 0.5) is 10.6 Å². The lowest BCUT2D eigenvalue weighted by Crippen LogP contribution is -2.50. The summed E-state index contributed by atoms with van der Waals surface area (Å²) in [6.45, 7) is 8.24. The Morgan fingerprint density at radius 1 is 1.21 bits per heavy atom. The first-order chi connectivity index (χ1) is 19.5. The fraction of sp³-hybridized carbons (Fsp3) is 0.607. The number of nitrogens with zero attached hydrogens (tertiary/aromatic N) is 5. The van der Waals surface area contributed by atoms with E-state index in [1.807, 2.05) is 24.0 Å². The molecule has 2 heterocycles. The molecule has 1 saturated heterocycles. The summed E-state index contributed by atoms with van der Waals surface area (Å²) in [5, 5.41) is 7.84. The Balaban J connectivity index is 2.16. The van der Waals surface area contributed by atoms with Crippen LogP contribution in [0.3, 0.4) is 0 Å². The Kier molecular flexibility index (Phi) is 10.9. The zero-order valence-electron chi connectivity index (χ0n) is 25.7. The molecule has 1 aliphatic rings. The van der Waals surface area contributed by atoms with Crippen LogP contribution in [-0.4, -0.2) is 104 Å². The number of carbonyl (C=O) groups is 2. The van der Waals surface area contributed by atoms with Crippen molar-refractivity contribution < 1.29 is 27.5 Å². The van der Waals surface area contributed by atoms with E-state index < -0.39 is 27.8 Å². The number of benzene rings is 1. The van der Waals surface area contributed by atoms with Gasteiger partial charge in [0.2, 0.25) is 0 Å². The van der Waals surface area contributed by atoms with Gasteiger partial charge >= 0.3 is 16.3 Å². The third kappa shape index (κ3) is 8.15. The van der Waals surface area contributed by atoms with E-state index in [9.17, 15) is 18.0 Å². The number of hydrogen-bond acceptors (Lipinski definition) is 8. The molecule has 42 heavy (non-hydrogen) atoms. The van der Waals surface area contributed by atoms with E-state index in [0.29, 0.717) is 35.5 Å².